The number of urea groups is 1. The molecule has 0 spiro atoms. The van der Waals surface area contributed by atoms with Gasteiger partial charge in [-0.15, -0.1) is 16.9 Å². The first-order valence-electron chi connectivity index (χ1n) is 9.65. The Morgan fingerprint density at radius 3 is 2.80 bits per heavy atom. The highest BCUT2D eigenvalue weighted by Gasteiger charge is 2.28. The number of carbonyl (C=O) groups excluding carboxylic acids is 1. The summed E-state index contributed by atoms with van der Waals surface area (Å²) in [5.41, 5.74) is 0.808. The summed E-state index contributed by atoms with van der Waals surface area (Å²) in [6.45, 7) is 1.58. The summed E-state index contributed by atoms with van der Waals surface area (Å²) < 4.78 is 2.54. The number of piperidine rings is 1. The first-order valence-corrected chi connectivity index (χ1v) is 12.1. The van der Waals surface area contributed by atoms with Crippen LogP contribution in [0, 0.1) is 0 Å². The SMILES string of the molecule is CSc1ccccc1NC(=O)N(S)C1CCN(c2nncc3ccc(Br)cc23)CC1. The summed E-state index contributed by atoms with van der Waals surface area (Å²) in [6, 6.07) is 13.8. The smallest absolute Gasteiger partial charge is 0.331 e. The van der Waals surface area contributed by atoms with Gasteiger partial charge in [0.2, 0.25) is 0 Å². The summed E-state index contributed by atoms with van der Waals surface area (Å²) >= 11 is 9.66. The lowest BCUT2D eigenvalue weighted by Crippen LogP contribution is -2.45. The molecule has 0 unspecified atom stereocenters. The number of carbonyl (C=O) groups is 1. The predicted octanol–water partition coefficient (Wildman–Crippen LogP) is 5.46. The van der Waals surface area contributed by atoms with Gasteiger partial charge < -0.3 is 10.2 Å². The van der Waals surface area contributed by atoms with Gasteiger partial charge in [-0.1, -0.05) is 46.9 Å². The molecule has 0 atom stereocenters. The number of benzene rings is 2. The molecule has 1 N–H and O–H groups in total. The van der Waals surface area contributed by atoms with Crippen molar-refractivity contribution in [2.24, 2.45) is 0 Å². The maximum absolute atomic E-state index is 12.7. The van der Waals surface area contributed by atoms with Crippen LogP contribution in [-0.4, -0.2) is 45.9 Å². The Bertz CT molecular complexity index is 1060. The number of nitrogens with one attached hydrogen (secondary N) is 1. The van der Waals surface area contributed by atoms with Crippen LogP contribution in [0.3, 0.4) is 0 Å². The van der Waals surface area contributed by atoms with Crippen LogP contribution in [0.2, 0.25) is 0 Å². The first-order chi connectivity index (χ1) is 14.6. The van der Waals surface area contributed by atoms with Gasteiger partial charge in [-0.05, 0) is 43.4 Å². The molecule has 9 heteroatoms. The molecule has 2 heterocycles. The molecule has 0 saturated carbocycles. The van der Waals surface area contributed by atoms with Gasteiger partial charge in [0.05, 0.1) is 11.9 Å². The first kappa shape index (κ1) is 21.3. The molecular formula is C21H22BrN5OS2. The molecule has 3 aromatic rings. The van der Waals surface area contributed by atoms with Crippen molar-refractivity contribution in [3.63, 3.8) is 0 Å². The zero-order valence-electron chi connectivity index (χ0n) is 16.5. The quantitative estimate of drug-likeness (QED) is 0.365. The number of amides is 2. The minimum Gasteiger partial charge on any atom is -0.354 e. The van der Waals surface area contributed by atoms with Crippen molar-refractivity contribution >= 4 is 68.8 Å². The van der Waals surface area contributed by atoms with E-state index in [4.69, 9.17) is 0 Å². The summed E-state index contributed by atoms with van der Waals surface area (Å²) in [5, 5.41) is 13.7. The fraction of sp³-hybridized carbons (Fsp3) is 0.286. The van der Waals surface area contributed by atoms with Crippen LogP contribution in [0.1, 0.15) is 12.8 Å². The van der Waals surface area contributed by atoms with E-state index in [1.165, 1.54) is 4.31 Å². The summed E-state index contributed by atoms with van der Waals surface area (Å²) in [5.74, 6) is 0.885. The zero-order chi connectivity index (χ0) is 21.1. The van der Waals surface area contributed by atoms with Crippen LogP contribution >= 0.6 is 40.5 Å². The lowest BCUT2D eigenvalue weighted by atomic mass is 10.0. The van der Waals surface area contributed by atoms with Gasteiger partial charge in [0.15, 0.2) is 5.82 Å². The molecular weight excluding hydrogens is 482 g/mol. The number of nitrogens with zero attached hydrogens (tertiary/aromatic N) is 4. The van der Waals surface area contributed by atoms with Crippen LogP contribution < -0.4 is 10.2 Å². The third-order valence-electron chi connectivity index (χ3n) is 5.27. The Labute approximate surface area is 194 Å². The average Bonchev–Trinajstić information content (AvgIpc) is 2.78. The molecule has 2 amide bonds. The standard InChI is InChI=1S/C21H22BrN5OS2/c1-30-19-5-3-2-4-18(19)24-21(28)27(29)16-8-10-26(11-9-16)20-17-12-15(22)7-6-14(17)13-23-25-20/h2-7,12-13,16,29H,8-11H2,1H3,(H,24,28). The van der Waals surface area contributed by atoms with Gasteiger partial charge in [-0.3, -0.25) is 4.31 Å². The maximum Gasteiger partial charge on any atom is 0.331 e. The maximum atomic E-state index is 12.7. The molecule has 156 valence electrons. The Morgan fingerprint density at radius 2 is 2.03 bits per heavy atom. The number of rotatable bonds is 4. The molecule has 30 heavy (non-hydrogen) atoms. The molecule has 0 aliphatic carbocycles. The second kappa shape index (κ2) is 9.45. The number of para-hydroxylation sites is 1. The number of hydrogen-bond acceptors (Lipinski definition) is 6. The third kappa shape index (κ3) is 4.53. The zero-order valence-corrected chi connectivity index (χ0v) is 19.8. The highest BCUT2D eigenvalue weighted by molar-refractivity contribution is 9.10. The number of anilines is 2. The van der Waals surface area contributed by atoms with Crippen LogP contribution in [-0.2, 0) is 0 Å². The van der Waals surface area contributed by atoms with E-state index in [9.17, 15) is 4.79 Å². The Hall–Kier alpha value is -1.97. The van der Waals surface area contributed by atoms with E-state index in [0.29, 0.717) is 0 Å². The van der Waals surface area contributed by atoms with Gasteiger partial charge in [0, 0.05) is 39.3 Å². The number of hydrogen-bond donors (Lipinski definition) is 2. The molecule has 1 aliphatic heterocycles. The second-order valence-electron chi connectivity index (χ2n) is 7.09. The largest absolute Gasteiger partial charge is 0.354 e. The third-order valence-corrected chi connectivity index (χ3v) is 7.07. The van der Waals surface area contributed by atoms with Gasteiger partial charge in [0.1, 0.15) is 0 Å². The van der Waals surface area contributed by atoms with E-state index in [-0.39, 0.29) is 12.1 Å². The van der Waals surface area contributed by atoms with E-state index in [1.807, 2.05) is 42.7 Å². The molecule has 4 rings (SSSR count). The Kier molecular flexibility index (Phi) is 6.70. The van der Waals surface area contributed by atoms with Crippen molar-refractivity contribution < 1.29 is 4.79 Å². The number of halogens is 1. The lowest BCUT2D eigenvalue weighted by Gasteiger charge is -2.36. The van der Waals surface area contributed by atoms with Crippen LogP contribution in [0.15, 0.2) is 58.0 Å². The number of aromatic nitrogens is 2. The lowest BCUT2D eigenvalue weighted by molar-refractivity contribution is 0.223. The molecule has 1 aromatic heterocycles. The Balaban J connectivity index is 1.42. The summed E-state index contributed by atoms with van der Waals surface area (Å²) in [4.78, 5) is 16.0. The number of fused-ring (bicyclic) bond motifs is 1. The molecule has 0 radical (unpaired) electrons. The van der Waals surface area contributed by atoms with Gasteiger partial charge in [-0.25, -0.2) is 4.79 Å². The molecule has 2 aromatic carbocycles. The van der Waals surface area contributed by atoms with Crippen LogP contribution in [0.25, 0.3) is 10.8 Å². The minimum absolute atomic E-state index is 0.0562. The number of thiol groups is 1. The van der Waals surface area contributed by atoms with E-state index < -0.39 is 0 Å². The number of thioether (sulfide) groups is 1. The van der Waals surface area contributed by atoms with Crippen molar-refractivity contribution in [2.75, 3.05) is 29.6 Å². The van der Waals surface area contributed by atoms with Crippen LogP contribution in [0.4, 0.5) is 16.3 Å². The molecule has 1 fully saturated rings. The van der Waals surface area contributed by atoms with E-state index in [2.05, 4.69) is 55.2 Å². The highest BCUT2D eigenvalue weighted by atomic mass is 79.9. The van der Waals surface area contributed by atoms with E-state index in [1.54, 1.807) is 18.0 Å². The summed E-state index contributed by atoms with van der Waals surface area (Å²) in [6.07, 6.45) is 5.40. The minimum atomic E-state index is -0.202. The van der Waals surface area contributed by atoms with Crippen molar-refractivity contribution in [2.45, 2.75) is 23.8 Å². The molecule has 1 saturated heterocycles. The van der Waals surface area contributed by atoms with E-state index >= 15 is 0 Å². The van der Waals surface area contributed by atoms with Gasteiger partial charge in [-0.2, -0.15) is 5.10 Å². The molecule has 1 aliphatic rings. The Morgan fingerprint density at radius 1 is 1.27 bits per heavy atom. The average molecular weight is 504 g/mol. The van der Waals surface area contributed by atoms with Crippen molar-refractivity contribution in [1.29, 1.82) is 0 Å². The fourth-order valence-corrected chi connectivity index (χ4v) is 4.87. The fourth-order valence-electron chi connectivity index (χ4n) is 3.68. The molecule has 6 nitrogen and oxygen atoms in total. The van der Waals surface area contributed by atoms with Crippen molar-refractivity contribution in [3.8, 4) is 0 Å². The monoisotopic (exact) mass is 503 g/mol. The van der Waals surface area contributed by atoms with Crippen molar-refractivity contribution in [1.82, 2.24) is 14.5 Å². The summed E-state index contributed by atoms with van der Waals surface area (Å²) in [7, 11) is 0. The molecule has 0 bridgehead atoms. The van der Waals surface area contributed by atoms with E-state index in [0.717, 1.165) is 57.6 Å². The normalized spacial score (nSPS) is 14.7. The van der Waals surface area contributed by atoms with Crippen LogP contribution in [0.5, 0.6) is 0 Å². The van der Waals surface area contributed by atoms with Gasteiger partial charge >= 0.3 is 6.03 Å². The van der Waals surface area contributed by atoms with Crippen molar-refractivity contribution in [3.05, 3.63) is 53.1 Å². The highest BCUT2D eigenvalue weighted by Crippen LogP contribution is 2.30. The van der Waals surface area contributed by atoms with Gasteiger partial charge in [0.25, 0.3) is 0 Å². The predicted molar refractivity (Wildman–Crippen MR) is 131 cm³/mol. The topological polar surface area (TPSA) is 61.4 Å². The second-order valence-corrected chi connectivity index (χ2v) is 9.29.